The number of hydrogen-bond acceptors (Lipinski definition) is 4. The van der Waals surface area contributed by atoms with E-state index in [-0.39, 0.29) is 5.91 Å². The third kappa shape index (κ3) is 2.27. The molecule has 5 nitrogen and oxygen atoms in total. The number of nitrogens with zero attached hydrogens (tertiary/aromatic N) is 3. The lowest BCUT2D eigenvalue weighted by atomic mass is 10.1. The van der Waals surface area contributed by atoms with Crippen LogP contribution < -0.4 is 10.2 Å². The van der Waals surface area contributed by atoms with Crippen molar-refractivity contribution in [3.8, 4) is 0 Å². The second-order valence-electron chi connectivity index (χ2n) is 4.56. The lowest BCUT2D eigenvalue weighted by molar-refractivity contribution is 0.102. The van der Waals surface area contributed by atoms with Gasteiger partial charge in [-0.2, -0.15) is 0 Å². The first-order valence-corrected chi connectivity index (χ1v) is 6.15. The summed E-state index contributed by atoms with van der Waals surface area (Å²) in [7, 11) is 2.06. The predicted molar refractivity (Wildman–Crippen MR) is 73.4 cm³/mol. The van der Waals surface area contributed by atoms with Crippen LogP contribution in [0.25, 0.3) is 0 Å². The van der Waals surface area contributed by atoms with Crippen molar-refractivity contribution >= 4 is 17.4 Å². The molecule has 1 aliphatic rings. The van der Waals surface area contributed by atoms with E-state index in [2.05, 4.69) is 27.2 Å². The van der Waals surface area contributed by atoms with Gasteiger partial charge in [0, 0.05) is 31.0 Å². The molecule has 1 aromatic heterocycles. The van der Waals surface area contributed by atoms with Crippen molar-refractivity contribution in [1.29, 1.82) is 0 Å². The zero-order valence-corrected chi connectivity index (χ0v) is 10.6. The van der Waals surface area contributed by atoms with E-state index in [0.29, 0.717) is 11.4 Å². The Balaban J connectivity index is 1.81. The van der Waals surface area contributed by atoms with E-state index in [1.54, 1.807) is 12.3 Å². The highest BCUT2D eigenvalue weighted by Crippen LogP contribution is 2.27. The molecule has 2 aromatic rings. The fourth-order valence-corrected chi connectivity index (χ4v) is 2.26. The normalized spacial score (nSPS) is 13.2. The van der Waals surface area contributed by atoms with E-state index in [0.717, 1.165) is 13.0 Å². The largest absolute Gasteiger partial charge is 0.374 e. The molecule has 5 heteroatoms. The smallest absolute Gasteiger partial charge is 0.256 e. The fraction of sp³-hybridized carbons (Fsp3) is 0.214. The number of nitrogens with one attached hydrogen (secondary N) is 1. The zero-order chi connectivity index (χ0) is 13.2. The maximum absolute atomic E-state index is 12.1. The Morgan fingerprint density at radius 1 is 1.37 bits per heavy atom. The van der Waals surface area contributed by atoms with Crippen molar-refractivity contribution in [2.24, 2.45) is 0 Å². The molecule has 0 radical (unpaired) electrons. The molecular weight excluding hydrogens is 240 g/mol. The van der Waals surface area contributed by atoms with Crippen LogP contribution in [0.15, 0.2) is 36.8 Å². The van der Waals surface area contributed by atoms with Crippen LogP contribution in [0.2, 0.25) is 0 Å². The molecule has 19 heavy (non-hydrogen) atoms. The summed E-state index contributed by atoms with van der Waals surface area (Å²) in [6.07, 6.45) is 3.99. The van der Waals surface area contributed by atoms with Crippen LogP contribution in [0.5, 0.6) is 0 Å². The van der Waals surface area contributed by atoms with Crippen molar-refractivity contribution in [2.45, 2.75) is 6.42 Å². The summed E-state index contributed by atoms with van der Waals surface area (Å²) in [4.78, 5) is 22.1. The summed E-state index contributed by atoms with van der Waals surface area (Å²) >= 11 is 0. The Morgan fingerprint density at radius 3 is 3.05 bits per heavy atom. The lowest BCUT2D eigenvalue weighted by Gasteiger charge is -2.12. The Kier molecular flexibility index (Phi) is 2.87. The van der Waals surface area contributed by atoms with Gasteiger partial charge in [-0.05, 0) is 36.2 Å². The van der Waals surface area contributed by atoms with Gasteiger partial charge < -0.3 is 10.2 Å². The highest BCUT2D eigenvalue weighted by atomic mass is 16.1. The predicted octanol–water partition coefficient (Wildman–Crippen LogP) is 1.72. The Labute approximate surface area is 111 Å². The van der Waals surface area contributed by atoms with Gasteiger partial charge in [-0.15, -0.1) is 0 Å². The molecule has 1 aromatic carbocycles. The highest BCUT2D eigenvalue weighted by molar-refractivity contribution is 6.04. The number of likely N-dealkylation sites (N-methyl/N-ethyl adjacent to an activating group) is 1. The minimum absolute atomic E-state index is 0.143. The topological polar surface area (TPSA) is 58.1 Å². The van der Waals surface area contributed by atoms with Gasteiger partial charge in [-0.25, -0.2) is 9.97 Å². The molecule has 0 fully saturated rings. The highest BCUT2D eigenvalue weighted by Gasteiger charge is 2.17. The number of carbonyl (C=O) groups is 1. The number of amides is 1. The third-order valence-electron chi connectivity index (χ3n) is 3.29. The maximum atomic E-state index is 12.1. The number of rotatable bonds is 2. The molecule has 2 heterocycles. The molecule has 0 spiro atoms. The van der Waals surface area contributed by atoms with Crippen LogP contribution >= 0.6 is 0 Å². The van der Waals surface area contributed by atoms with Gasteiger partial charge in [-0.1, -0.05) is 0 Å². The monoisotopic (exact) mass is 254 g/mol. The average molecular weight is 254 g/mol. The number of benzene rings is 1. The number of hydrogen-bond donors (Lipinski definition) is 1. The van der Waals surface area contributed by atoms with Gasteiger partial charge in [0.2, 0.25) is 0 Å². The van der Waals surface area contributed by atoms with E-state index >= 15 is 0 Å². The molecule has 1 amide bonds. The van der Waals surface area contributed by atoms with Crippen LogP contribution in [0.4, 0.5) is 11.5 Å². The first-order chi connectivity index (χ1) is 9.24. The van der Waals surface area contributed by atoms with Gasteiger partial charge in [0.25, 0.3) is 5.91 Å². The summed E-state index contributed by atoms with van der Waals surface area (Å²) in [5.74, 6) is 0.369. The molecule has 1 aliphatic heterocycles. The molecule has 0 aliphatic carbocycles. The molecule has 0 saturated carbocycles. The third-order valence-corrected chi connectivity index (χ3v) is 3.29. The van der Waals surface area contributed by atoms with Crippen molar-refractivity contribution < 1.29 is 4.79 Å². The van der Waals surface area contributed by atoms with E-state index in [9.17, 15) is 4.79 Å². The number of carbonyl (C=O) groups excluding carboxylic acids is 1. The first kappa shape index (κ1) is 11.6. The van der Waals surface area contributed by atoms with Crippen molar-refractivity contribution in [1.82, 2.24) is 9.97 Å². The van der Waals surface area contributed by atoms with Crippen LogP contribution in [0.1, 0.15) is 15.9 Å². The van der Waals surface area contributed by atoms with Crippen LogP contribution in [0, 0.1) is 0 Å². The molecule has 1 N–H and O–H groups in total. The molecule has 0 bridgehead atoms. The van der Waals surface area contributed by atoms with Gasteiger partial charge in [-0.3, -0.25) is 4.79 Å². The summed E-state index contributed by atoms with van der Waals surface area (Å²) in [6.45, 7) is 1.01. The molecule has 0 unspecified atom stereocenters. The standard InChI is InChI=1S/C14H14N4O/c1-18-7-5-10-8-11(2-3-12(10)18)14(19)17-13-4-6-15-9-16-13/h2-4,6,8-9H,5,7H2,1H3,(H,15,16,17,19). The van der Waals surface area contributed by atoms with Crippen LogP contribution in [0.3, 0.4) is 0 Å². The zero-order valence-electron chi connectivity index (χ0n) is 10.6. The van der Waals surface area contributed by atoms with E-state index in [1.165, 1.54) is 17.6 Å². The molecule has 0 atom stereocenters. The minimum atomic E-state index is -0.143. The van der Waals surface area contributed by atoms with Crippen molar-refractivity contribution in [3.05, 3.63) is 47.9 Å². The van der Waals surface area contributed by atoms with Crippen molar-refractivity contribution in [2.75, 3.05) is 23.8 Å². The second kappa shape index (κ2) is 4.68. The molecule has 0 saturated heterocycles. The Morgan fingerprint density at radius 2 is 2.26 bits per heavy atom. The maximum Gasteiger partial charge on any atom is 0.256 e. The Hall–Kier alpha value is -2.43. The number of fused-ring (bicyclic) bond motifs is 1. The van der Waals surface area contributed by atoms with Gasteiger partial charge in [0.15, 0.2) is 0 Å². The molecule has 96 valence electrons. The van der Waals surface area contributed by atoms with Crippen molar-refractivity contribution in [3.63, 3.8) is 0 Å². The van der Waals surface area contributed by atoms with Gasteiger partial charge >= 0.3 is 0 Å². The quantitative estimate of drug-likeness (QED) is 0.886. The van der Waals surface area contributed by atoms with Gasteiger partial charge in [0.1, 0.15) is 12.1 Å². The first-order valence-electron chi connectivity index (χ1n) is 6.15. The van der Waals surface area contributed by atoms with E-state index in [4.69, 9.17) is 0 Å². The SMILES string of the molecule is CN1CCc2cc(C(=O)Nc3ccncn3)ccc21. The number of aromatic nitrogens is 2. The average Bonchev–Trinajstić information content (AvgIpc) is 2.81. The summed E-state index contributed by atoms with van der Waals surface area (Å²) in [5, 5.41) is 2.76. The van der Waals surface area contributed by atoms with Gasteiger partial charge in [0.05, 0.1) is 0 Å². The Bertz CT molecular complexity index is 612. The second-order valence-corrected chi connectivity index (χ2v) is 4.56. The van der Waals surface area contributed by atoms with Crippen LogP contribution in [-0.4, -0.2) is 29.5 Å². The minimum Gasteiger partial charge on any atom is -0.374 e. The lowest BCUT2D eigenvalue weighted by Crippen LogP contribution is -2.14. The fourth-order valence-electron chi connectivity index (χ4n) is 2.26. The van der Waals surface area contributed by atoms with Crippen LogP contribution in [-0.2, 0) is 6.42 Å². The summed E-state index contributed by atoms with van der Waals surface area (Å²) in [6, 6.07) is 7.46. The van der Waals surface area contributed by atoms with E-state index < -0.39 is 0 Å². The summed E-state index contributed by atoms with van der Waals surface area (Å²) < 4.78 is 0. The molecular formula is C14H14N4O. The molecule has 3 rings (SSSR count). The number of anilines is 2. The summed E-state index contributed by atoms with van der Waals surface area (Å²) in [5.41, 5.74) is 3.09. The van der Waals surface area contributed by atoms with E-state index in [1.807, 2.05) is 18.2 Å².